The Balaban J connectivity index is 1.70. The average Bonchev–Trinajstić information content (AvgIpc) is 2.84. The largest absolute Gasteiger partial charge is 0.478 e. The molecule has 1 aromatic carbocycles. The predicted molar refractivity (Wildman–Crippen MR) is 127 cm³/mol. The first kappa shape index (κ1) is 24.3. The van der Waals surface area contributed by atoms with Crippen LogP contribution in [0.3, 0.4) is 0 Å². The molecule has 0 aliphatic rings. The normalized spacial score (nSPS) is 11.8. The summed E-state index contributed by atoms with van der Waals surface area (Å²) >= 11 is 0. The molecule has 0 aliphatic carbocycles. The van der Waals surface area contributed by atoms with Crippen LogP contribution in [0.2, 0.25) is 0 Å². The van der Waals surface area contributed by atoms with Crippen molar-refractivity contribution in [2.75, 3.05) is 13.7 Å². The van der Waals surface area contributed by atoms with Crippen LogP contribution in [0.25, 0.3) is 11.4 Å². The van der Waals surface area contributed by atoms with E-state index in [4.69, 9.17) is 4.74 Å². The number of carbonyl (C=O) groups excluding carboxylic acids is 1. The quantitative estimate of drug-likeness (QED) is 0.362. The first-order valence-electron chi connectivity index (χ1n) is 11.4. The summed E-state index contributed by atoms with van der Waals surface area (Å²) in [5, 5.41) is 0. The van der Waals surface area contributed by atoms with Gasteiger partial charge < -0.3 is 9.64 Å². The Bertz CT molecular complexity index is 1030. The smallest absolute Gasteiger partial charge is 0.254 e. The van der Waals surface area contributed by atoms with E-state index in [2.05, 4.69) is 21.9 Å². The molecule has 1 amide bonds. The van der Waals surface area contributed by atoms with Crippen LogP contribution in [0.1, 0.15) is 54.9 Å². The van der Waals surface area contributed by atoms with Crippen LogP contribution in [-0.4, -0.2) is 45.5 Å². The number of nitrogens with zero attached hydrogens (tertiary/aromatic N) is 4. The third-order valence-electron chi connectivity index (χ3n) is 5.60. The number of hydrogen-bond acceptors (Lipinski definition) is 5. The molecule has 3 rings (SSSR count). The third-order valence-corrected chi connectivity index (χ3v) is 5.60. The summed E-state index contributed by atoms with van der Waals surface area (Å²) in [6, 6.07) is 10.5. The van der Waals surface area contributed by atoms with E-state index in [0.29, 0.717) is 23.9 Å². The Morgan fingerprint density at radius 2 is 1.85 bits per heavy atom. The second-order valence-electron chi connectivity index (χ2n) is 8.14. The number of unbranched alkanes of at least 4 members (excludes halogenated alkanes) is 1. The molecule has 33 heavy (non-hydrogen) atoms. The highest BCUT2D eigenvalue weighted by molar-refractivity contribution is 6.00. The lowest BCUT2D eigenvalue weighted by atomic mass is 9.99. The molecular formula is C26H31FN4O2. The van der Waals surface area contributed by atoms with Gasteiger partial charge in [-0.15, -0.1) is 0 Å². The van der Waals surface area contributed by atoms with Gasteiger partial charge in [-0.2, -0.15) is 0 Å². The first-order chi connectivity index (χ1) is 16.0. The van der Waals surface area contributed by atoms with E-state index in [1.54, 1.807) is 18.5 Å². The summed E-state index contributed by atoms with van der Waals surface area (Å²) < 4.78 is 18.6. The zero-order valence-electron chi connectivity index (χ0n) is 19.5. The highest BCUT2D eigenvalue weighted by Crippen LogP contribution is 2.25. The van der Waals surface area contributed by atoms with Crippen LogP contribution in [0.5, 0.6) is 5.88 Å². The molecule has 6 nitrogen and oxygen atoms in total. The molecule has 2 aromatic heterocycles. The summed E-state index contributed by atoms with van der Waals surface area (Å²) in [4.78, 5) is 28.0. The summed E-state index contributed by atoms with van der Waals surface area (Å²) in [6.45, 7) is 4.58. The molecule has 3 aromatic rings. The van der Waals surface area contributed by atoms with Crippen molar-refractivity contribution >= 4 is 5.91 Å². The molecule has 1 atom stereocenters. The number of pyridine rings is 1. The van der Waals surface area contributed by atoms with Crippen LogP contribution in [0.15, 0.2) is 55.0 Å². The SMILES string of the molecule is CCCCC(CCCOc1ccc(F)cn1)N(C)C(=O)c1cc(C)ccc1-c1ncccn1. The van der Waals surface area contributed by atoms with Gasteiger partial charge in [0.1, 0.15) is 5.82 Å². The van der Waals surface area contributed by atoms with Crippen molar-refractivity contribution in [2.45, 2.75) is 52.0 Å². The molecule has 0 bridgehead atoms. The van der Waals surface area contributed by atoms with E-state index in [9.17, 15) is 9.18 Å². The zero-order valence-corrected chi connectivity index (χ0v) is 19.5. The van der Waals surface area contributed by atoms with E-state index in [1.165, 1.54) is 12.1 Å². The lowest BCUT2D eigenvalue weighted by Crippen LogP contribution is -2.37. The van der Waals surface area contributed by atoms with Gasteiger partial charge >= 0.3 is 0 Å². The van der Waals surface area contributed by atoms with Crippen LogP contribution in [0, 0.1) is 12.7 Å². The summed E-state index contributed by atoms with van der Waals surface area (Å²) in [5.41, 5.74) is 2.35. The fourth-order valence-electron chi connectivity index (χ4n) is 3.74. The monoisotopic (exact) mass is 450 g/mol. The molecule has 2 heterocycles. The molecule has 0 radical (unpaired) electrons. The van der Waals surface area contributed by atoms with Crippen molar-refractivity contribution in [1.29, 1.82) is 0 Å². The van der Waals surface area contributed by atoms with E-state index >= 15 is 0 Å². The van der Waals surface area contributed by atoms with Crippen molar-refractivity contribution in [1.82, 2.24) is 19.9 Å². The van der Waals surface area contributed by atoms with E-state index in [-0.39, 0.29) is 11.9 Å². The molecule has 1 unspecified atom stereocenters. The maximum absolute atomic E-state index is 13.6. The lowest BCUT2D eigenvalue weighted by molar-refractivity contribution is 0.0707. The average molecular weight is 451 g/mol. The zero-order chi connectivity index (χ0) is 23.6. The minimum absolute atomic E-state index is 0.0385. The highest BCUT2D eigenvalue weighted by atomic mass is 19.1. The van der Waals surface area contributed by atoms with Crippen molar-refractivity contribution in [3.8, 4) is 17.3 Å². The Morgan fingerprint density at radius 1 is 1.09 bits per heavy atom. The van der Waals surface area contributed by atoms with E-state index in [1.807, 2.05) is 37.1 Å². The highest BCUT2D eigenvalue weighted by Gasteiger charge is 2.24. The Hall–Kier alpha value is -3.35. The molecule has 0 saturated carbocycles. The van der Waals surface area contributed by atoms with Gasteiger partial charge in [0.05, 0.1) is 18.4 Å². The van der Waals surface area contributed by atoms with Crippen molar-refractivity contribution < 1.29 is 13.9 Å². The van der Waals surface area contributed by atoms with Gasteiger partial charge in [-0.1, -0.05) is 37.5 Å². The Labute approximate surface area is 194 Å². The van der Waals surface area contributed by atoms with E-state index in [0.717, 1.165) is 49.4 Å². The number of benzene rings is 1. The van der Waals surface area contributed by atoms with Crippen LogP contribution in [-0.2, 0) is 0 Å². The fraction of sp³-hybridized carbons (Fsp3) is 0.385. The van der Waals surface area contributed by atoms with E-state index < -0.39 is 5.82 Å². The number of halogens is 1. The number of amides is 1. The predicted octanol–water partition coefficient (Wildman–Crippen LogP) is 5.48. The topological polar surface area (TPSA) is 68.2 Å². The number of aryl methyl sites for hydroxylation is 1. The standard InChI is InChI=1S/C26H31FN4O2/c1-4-5-8-21(9-6-16-33-24-13-11-20(27)18-30-24)31(3)26(32)23-17-19(2)10-12-22(23)25-28-14-7-15-29-25/h7,10-15,17-18,21H,4-6,8-9,16H2,1-3H3. The van der Waals surface area contributed by atoms with Gasteiger partial charge in [0.2, 0.25) is 5.88 Å². The second-order valence-corrected chi connectivity index (χ2v) is 8.14. The second kappa shape index (κ2) is 12.0. The maximum atomic E-state index is 13.6. The van der Waals surface area contributed by atoms with Crippen LogP contribution in [0.4, 0.5) is 4.39 Å². The van der Waals surface area contributed by atoms with Gasteiger partial charge in [0, 0.05) is 37.1 Å². The summed E-state index contributed by atoms with van der Waals surface area (Å²) in [7, 11) is 1.86. The summed E-state index contributed by atoms with van der Waals surface area (Å²) in [6.07, 6.45) is 9.06. The molecule has 0 saturated heterocycles. The Morgan fingerprint density at radius 3 is 2.55 bits per heavy atom. The number of ether oxygens (including phenoxy) is 1. The Kier molecular flexibility index (Phi) is 8.87. The minimum Gasteiger partial charge on any atom is -0.478 e. The number of carbonyl (C=O) groups is 1. The van der Waals surface area contributed by atoms with Crippen molar-refractivity contribution in [2.24, 2.45) is 0 Å². The van der Waals surface area contributed by atoms with Gasteiger partial charge in [0.15, 0.2) is 5.82 Å². The number of aromatic nitrogens is 3. The van der Waals surface area contributed by atoms with Crippen LogP contribution >= 0.6 is 0 Å². The third kappa shape index (κ3) is 6.81. The van der Waals surface area contributed by atoms with Gasteiger partial charge in [-0.25, -0.2) is 19.3 Å². The maximum Gasteiger partial charge on any atom is 0.254 e. The van der Waals surface area contributed by atoms with Gasteiger partial charge in [-0.3, -0.25) is 4.79 Å². The van der Waals surface area contributed by atoms with Gasteiger partial charge in [-0.05, 0) is 44.4 Å². The summed E-state index contributed by atoms with van der Waals surface area (Å²) in [5.74, 6) is 0.514. The molecule has 0 N–H and O–H groups in total. The van der Waals surface area contributed by atoms with Crippen LogP contribution < -0.4 is 4.74 Å². The molecule has 0 fully saturated rings. The van der Waals surface area contributed by atoms with Crippen molar-refractivity contribution in [3.05, 3.63) is 71.9 Å². The number of rotatable bonds is 11. The number of hydrogen-bond donors (Lipinski definition) is 0. The molecular weight excluding hydrogens is 419 g/mol. The molecule has 0 spiro atoms. The molecule has 174 valence electrons. The lowest BCUT2D eigenvalue weighted by Gasteiger charge is -2.29. The van der Waals surface area contributed by atoms with Gasteiger partial charge in [0.25, 0.3) is 5.91 Å². The molecule has 0 aliphatic heterocycles. The minimum atomic E-state index is -0.390. The fourth-order valence-corrected chi connectivity index (χ4v) is 3.74. The van der Waals surface area contributed by atoms with Crippen molar-refractivity contribution in [3.63, 3.8) is 0 Å². The molecule has 7 heteroatoms. The first-order valence-corrected chi connectivity index (χ1v) is 11.4.